The third-order valence-electron chi connectivity index (χ3n) is 4.85. The van der Waals surface area contributed by atoms with E-state index in [0.717, 1.165) is 0 Å². The maximum Gasteiger partial charge on any atom is 0.326 e. The maximum atomic E-state index is 12.9. The number of hydrogen-bond acceptors (Lipinski definition) is 8. The zero-order chi connectivity index (χ0) is 28.0. The summed E-state index contributed by atoms with van der Waals surface area (Å²) in [5.74, 6) is -6.66. The number of primary amides is 1. The van der Waals surface area contributed by atoms with Gasteiger partial charge in [-0.2, -0.15) is 0 Å². The number of amides is 4. The largest absolute Gasteiger partial charge is 0.481 e. The Bertz CT molecular complexity index is 844. The Morgan fingerprint density at radius 1 is 0.833 bits per heavy atom. The van der Waals surface area contributed by atoms with Gasteiger partial charge in [0.05, 0.1) is 12.5 Å². The zero-order valence-corrected chi connectivity index (χ0v) is 20.2. The van der Waals surface area contributed by atoms with Gasteiger partial charge in [-0.05, 0) is 25.2 Å². The predicted molar refractivity (Wildman–Crippen MR) is 127 cm³/mol. The topological polar surface area (TPSA) is 295 Å². The number of rotatable bonds is 17. The lowest BCUT2D eigenvalue weighted by Crippen LogP contribution is -2.58. The van der Waals surface area contributed by atoms with Crippen molar-refractivity contribution in [3.63, 3.8) is 0 Å². The molecule has 0 saturated carbocycles. The molecule has 16 heteroatoms. The van der Waals surface area contributed by atoms with E-state index in [0.29, 0.717) is 0 Å². The lowest BCUT2D eigenvalue weighted by atomic mass is 10.0. The maximum absolute atomic E-state index is 12.9. The number of nitrogens with two attached hydrogens (primary N) is 4. The van der Waals surface area contributed by atoms with Crippen molar-refractivity contribution in [2.24, 2.45) is 33.8 Å². The molecule has 0 spiro atoms. The van der Waals surface area contributed by atoms with Crippen molar-refractivity contribution in [3.05, 3.63) is 0 Å². The van der Waals surface area contributed by atoms with Gasteiger partial charge in [0.25, 0.3) is 0 Å². The van der Waals surface area contributed by atoms with E-state index in [-0.39, 0.29) is 38.2 Å². The zero-order valence-electron chi connectivity index (χ0n) is 20.2. The molecule has 0 radical (unpaired) electrons. The number of carboxylic acid groups (broad SMARTS) is 2. The molecule has 0 rings (SSSR count). The highest BCUT2D eigenvalue weighted by Gasteiger charge is 2.32. The minimum atomic E-state index is -1.45. The Morgan fingerprint density at radius 3 is 1.89 bits per heavy atom. The first-order valence-electron chi connectivity index (χ1n) is 11.1. The molecule has 0 aliphatic rings. The molecule has 0 aromatic rings. The van der Waals surface area contributed by atoms with Crippen LogP contribution in [0.15, 0.2) is 4.99 Å². The van der Waals surface area contributed by atoms with Crippen LogP contribution in [0, 0.1) is 5.92 Å². The Hall–Kier alpha value is -3.95. The minimum absolute atomic E-state index is 0.00615. The quantitative estimate of drug-likeness (QED) is 0.0514. The summed E-state index contributed by atoms with van der Waals surface area (Å²) in [6.07, 6.45) is -1.00. The Kier molecular flexibility index (Phi) is 14.1. The summed E-state index contributed by atoms with van der Waals surface area (Å²) in [6, 6.07) is -5.29. The first-order valence-corrected chi connectivity index (χ1v) is 11.1. The lowest BCUT2D eigenvalue weighted by molar-refractivity contribution is -0.142. The van der Waals surface area contributed by atoms with Crippen molar-refractivity contribution in [1.82, 2.24) is 16.0 Å². The van der Waals surface area contributed by atoms with Crippen LogP contribution in [0.3, 0.4) is 0 Å². The van der Waals surface area contributed by atoms with Crippen LogP contribution in [0.2, 0.25) is 0 Å². The van der Waals surface area contributed by atoms with Gasteiger partial charge in [0.15, 0.2) is 5.96 Å². The van der Waals surface area contributed by atoms with E-state index in [1.165, 1.54) is 0 Å². The molecular weight excluding hydrogens is 480 g/mol. The molecular formula is C20H36N8O8. The standard InChI is InChI=1S/C20H36N8O8/c1-9(2)15(28-16(32)10(21)8-14(30)31)18(34)26-11(4-3-7-25-20(23)24)17(33)27-12(19(35)36)5-6-13(22)29/h9-12,15H,3-8,21H2,1-2H3,(H2,22,29)(H,26,34)(H,27,33)(H,28,32)(H,30,31)(H,35,36)(H4,23,24,25). The molecule has 0 aromatic heterocycles. The van der Waals surface area contributed by atoms with Gasteiger partial charge in [-0.1, -0.05) is 13.8 Å². The van der Waals surface area contributed by atoms with E-state index >= 15 is 0 Å². The minimum Gasteiger partial charge on any atom is -0.481 e. The molecule has 0 bridgehead atoms. The molecule has 4 unspecified atom stereocenters. The van der Waals surface area contributed by atoms with E-state index in [9.17, 15) is 33.9 Å². The van der Waals surface area contributed by atoms with Crippen LogP contribution in [0.5, 0.6) is 0 Å². The van der Waals surface area contributed by atoms with Crippen LogP contribution in [-0.4, -0.2) is 82.5 Å². The average Bonchev–Trinajstić information content (AvgIpc) is 2.75. The number of hydrogen-bond donors (Lipinski definition) is 9. The molecule has 0 aliphatic carbocycles. The Morgan fingerprint density at radius 2 is 1.42 bits per heavy atom. The summed E-state index contributed by atoms with van der Waals surface area (Å²) in [6.45, 7) is 3.32. The number of nitrogens with one attached hydrogen (secondary N) is 3. The van der Waals surface area contributed by atoms with Gasteiger partial charge in [-0.25, -0.2) is 4.79 Å². The van der Waals surface area contributed by atoms with Crippen LogP contribution < -0.4 is 38.9 Å². The van der Waals surface area contributed by atoms with Gasteiger partial charge in [-0.15, -0.1) is 0 Å². The van der Waals surface area contributed by atoms with Crippen LogP contribution in [0.4, 0.5) is 0 Å². The van der Waals surface area contributed by atoms with Crippen LogP contribution in [0.1, 0.15) is 46.0 Å². The van der Waals surface area contributed by atoms with Gasteiger partial charge >= 0.3 is 11.9 Å². The smallest absolute Gasteiger partial charge is 0.326 e. The van der Waals surface area contributed by atoms with Crippen molar-refractivity contribution >= 4 is 41.5 Å². The SMILES string of the molecule is CC(C)C(NC(=O)C(N)CC(=O)O)C(=O)NC(CCCN=C(N)N)C(=O)NC(CCC(N)=O)C(=O)O. The molecule has 0 fully saturated rings. The number of aliphatic carboxylic acids is 2. The first kappa shape index (κ1) is 32.0. The molecule has 0 saturated heterocycles. The fourth-order valence-corrected chi connectivity index (χ4v) is 2.93. The normalized spacial score (nSPS) is 14.0. The molecule has 13 N–H and O–H groups in total. The Balaban J connectivity index is 5.60. The highest BCUT2D eigenvalue weighted by atomic mass is 16.4. The Labute approximate surface area is 207 Å². The van der Waals surface area contributed by atoms with Gasteiger partial charge in [0, 0.05) is 13.0 Å². The van der Waals surface area contributed by atoms with Crippen molar-refractivity contribution in [2.75, 3.05) is 6.54 Å². The van der Waals surface area contributed by atoms with Gasteiger partial charge in [-0.3, -0.25) is 29.0 Å². The molecule has 0 heterocycles. The number of carboxylic acids is 2. The fourth-order valence-electron chi connectivity index (χ4n) is 2.93. The van der Waals surface area contributed by atoms with E-state index in [2.05, 4.69) is 20.9 Å². The summed E-state index contributed by atoms with van der Waals surface area (Å²) < 4.78 is 0. The van der Waals surface area contributed by atoms with Gasteiger partial charge in [0.1, 0.15) is 18.1 Å². The second-order valence-corrected chi connectivity index (χ2v) is 8.35. The molecule has 204 valence electrons. The molecule has 16 nitrogen and oxygen atoms in total. The lowest BCUT2D eigenvalue weighted by Gasteiger charge is -2.26. The molecule has 36 heavy (non-hydrogen) atoms. The van der Waals surface area contributed by atoms with Crippen molar-refractivity contribution in [1.29, 1.82) is 0 Å². The van der Waals surface area contributed by atoms with Crippen molar-refractivity contribution < 1.29 is 39.0 Å². The van der Waals surface area contributed by atoms with Crippen molar-refractivity contribution in [3.8, 4) is 0 Å². The summed E-state index contributed by atoms with van der Waals surface area (Å²) in [4.78, 5) is 75.1. The van der Waals surface area contributed by atoms with E-state index < -0.39 is 72.1 Å². The first-order chi connectivity index (χ1) is 16.6. The third kappa shape index (κ3) is 13.1. The average molecular weight is 517 g/mol. The number of carbonyl (C=O) groups is 6. The predicted octanol–water partition coefficient (Wildman–Crippen LogP) is -3.70. The summed E-state index contributed by atoms with van der Waals surface area (Å²) in [5.41, 5.74) is 21.1. The number of guanidine groups is 1. The van der Waals surface area contributed by atoms with Crippen LogP contribution in [0.25, 0.3) is 0 Å². The fraction of sp³-hybridized carbons (Fsp3) is 0.650. The highest BCUT2D eigenvalue weighted by molar-refractivity contribution is 5.95. The molecule has 0 aliphatic heterocycles. The number of nitrogens with zero attached hydrogens (tertiary/aromatic N) is 1. The van der Waals surface area contributed by atoms with Gasteiger partial charge in [0.2, 0.25) is 23.6 Å². The van der Waals surface area contributed by atoms with E-state index in [4.69, 9.17) is 28.0 Å². The third-order valence-corrected chi connectivity index (χ3v) is 4.85. The number of aliphatic imine (C=N–C) groups is 1. The van der Waals surface area contributed by atoms with E-state index in [1.54, 1.807) is 13.8 Å². The van der Waals surface area contributed by atoms with Crippen LogP contribution in [-0.2, 0) is 28.8 Å². The summed E-state index contributed by atoms with van der Waals surface area (Å²) >= 11 is 0. The number of carbonyl (C=O) groups excluding carboxylic acids is 4. The van der Waals surface area contributed by atoms with Crippen molar-refractivity contribution in [2.45, 2.75) is 70.1 Å². The van der Waals surface area contributed by atoms with Gasteiger partial charge < -0.3 is 49.1 Å². The summed E-state index contributed by atoms with van der Waals surface area (Å²) in [7, 11) is 0. The second kappa shape index (κ2) is 15.9. The van der Waals surface area contributed by atoms with E-state index in [1.807, 2.05) is 0 Å². The molecule has 4 amide bonds. The molecule has 0 aromatic carbocycles. The second-order valence-electron chi connectivity index (χ2n) is 8.35. The molecule has 4 atom stereocenters. The monoisotopic (exact) mass is 516 g/mol. The summed E-state index contributed by atoms with van der Waals surface area (Å²) in [5, 5.41) is 25.2. The highest BCUT2D eigenvalue weighted by Crippen LogP contribution is 2.07. The van der Waals surface area contributed by atoms with Crippen LogP contribution >= 0.6 is 0 Å².